The summed E-state index contributed by atoms with van der Waals surface area (Å²) in [5.41, 5.74) is 4.12. The van der Waals surface area contributed by atoms with Crippen molar-refractivity contribution in [3.8, 4) is 11.8 Å². The van der Waals surface area contributed by atoms with E-state index in [9.17, 15) is 5.26 Å². The quantitative estimate of drug-likeness (QED) is 0.524. The van der Waals surface area contributed by atoms with E-state index in [0.29, 0.717) is 6.61 Å². The van der Waals surface area contributed by atoms with Crippen LogP contribution in [0.2, 0.25) is 0 Å². The summed E-state index contributed by atoms with van der Waals surface area (Å²) in [4.78, 5) is 8.36. The van der Waals surface area contributed by atoms with Crippen LogP contribution in [-0.4, -0.2) is 25.9 Å². The van der Waals surface area contributed by atoms with Crippen molar-refractivity contribution in [1.29, 1.82) is 5.26 Å². The van der Waals surface area contributed by atoms with E-state index >= 15 is 0 Å². The van der Waals surface area contributed by atoms with E-state index < -0.39 is 0 Å². The van der Waals surface area contributed by atoms with Gasteiger partial charge in [0.05, 0.1) is 12.2 Å². The van der Waals surface area contributed by atoms with Crippen molar-refractivity contribution in [3.63, 3.8) is 0 Å². The molecule has 0 bridgehead atoms. The van der Waals surface area contributed by atoms with Crippen molar-refractivity contribution in [2.75, 3.05) is 24.6 Å². The van der Waals surface area contributed by atoms with Crippen LogP contribution in [0.3, 0.4) is 0 Å². The Hall–Kier alpha value is -2.32. The van der Waals surface area contributed by atoms with Gasteiger partial charge >= 0.3 is 0 Å². The minimum Gasteiger partial charge on any atom is -0.493 e. The number of aliphatic imine (C=N–C) groups is 1. The number of thiophene rings is 1. The van der Waals surface area contributed by atoms with E-state index in [0.717, 1.165) is 59.9 Å². The van der Waals surface area contributed by atoms with Crippen LogP contribution >= 0.6 is 11.3 Å². The molecule has 28 heavy (non-hydrogen) atoms. The van der Waals surface area contributed by atoms with E-state index in [4.69, 9.17) is 9.73 Å². The highest BCUT2D eigenvalue weighted by Crippen LogP contribution is 2.39. The molecule has 2 aromatic rings. The van der Waals surface area contributed by atoms with Crippen LogP contribution in [0.5, 0.6) is 5.75 Å². The Kier molecular flexibility index (Phi) is 7.11. The van der Waals surface area contributed by atoms with E-state index in [2.05, 4.69) is 49.9 Å². The molecule has 0 N–H and O–H groups in total. The molecule has 148 valence electrons. The van der Waals surface area contributed by atoms with Gasteiger partial charge in [0.2, 0.25) is 0 Å². The molecule has 5 heteroatoms. The largest absolute Gasteiger partial charge is 0.493 e. The molecule has 0 saturated carbocycles. The molecule has 3 rings (SSSR count). The average Bonchev–Trinajstić information content (AvgIpc) is 3.09. The zero-order chi connectivity index (χ0) is 19.9. The number of hydrogen-bond acceptors (Lipinski definition) is 5. The summed E-state index contributed by atoms with van der Waals surface area (Å²) in [6, 6.07) is 8.69. The van der Waals surface area contributed by atoms with Crippen LogP contribution in [0.1, 0.15) is 61.6 Å². The van der Waals surface area contributed by atoms with E-state index in [1.807, 2.05) is 6.21 Å². The van der Waals surface area contributed by atoms with Crippen LogP contribution in [0.15, 0.2) is 23.2 Å². The Bertz CT molecular complexity index is 875. The number of ether oxygens (including phenoxy) is 1. The Labute approximate surface area is 172 Å². The average molecular weight is 396 g/mol. The molecular weight excluding hydrogens is 366 g/mol. The second-order valence-electron chi connectivity index (χ2n) is 7.00. The molecule has 1 heterocycles. The first-order chi connectivity index (χ1) is 13.7. The number of aryl methyl sites for hydroxylation is 1. The van der Waals surface area contributed by atoms with Crippen molar-refractivity contribution < 1.29 is 4.74 Å². The van der Waals surface area contributed by atoms with Gasteiger partial charge in [0.25, 0.3) is 0 Å². The Morgan fingerprint density at radius 2 is 2.00 bits per heavy atom. The fourth-order valence-corrected chi connectivity index (χ4v) is 4.82. The highest BCUT2D eigenvalue weighted by molar-refractivity contribution is 7.16. The first-order valence-electron chi connectivity index (χ1n) is 10.3. The first kappa shape index (κ1) is 20.4. The summed E-state index contributed by atoms with van der Waals surface area (Å²) >= 11 is 1.68. The Morgan fingerprint density at radius 3 is 2.71 bits per heavy atom. The molecule has 0 unspecified atom stereocenters. The molecule has 0 fully saturated rings. The molecule has 0 saturated heterocycles. The molecule has 1 aromatic heterocycles. The fraction of sp³-hybridized carbons (Fsp3) is 0.478. The van der Waals surface area contributed by atoms with Gasteiger partial charge < -0.3 is 9.64 Å². The van der Waals surface area contributed by atoms with E-state index in [-0.39, 0.29) is 0 Å². The summed E-state index contributed by atoms with van der Waals surface area (Å²) in [6.07, 6.45) is 7.28. The predicted molar refractivity (Wildman–Crippen MR) is 119 cm³/mol. The number of anilines is 1. The molecule has 1 aliphatic rings. The lowest BCUT2D eigenvalue weighted by Gasteiger charge is -2.22. The van der Waals surface area contributed by atoms with Gasteiger partial charge in [-0.05, 0) is 63.6 Å². The van der Waals surface area contributed by atoms with Crippen molar-refractivity contribution in [2.45, 2.75) is 52.9 Å². The highest BCUT2D eigenvalue weighted by Gasteiger charge is 2.20. The number of benzene rings is 1. The predicted octanol–water partition coefficient (Wildman–Crippen LogP) is 5.88. The zero-order valence-corrected chi connectivity index (χ0v) is 17.9. The van der Waals surface area contributed by atoms with Gasteiger partial charge in [-0.2, -0.15) is 5.26 Å². The fourth-order valence-electron chi connectivity index (χ4n) is 3.64. The molecule has 4 nitrogen and oxygen atoms in total. The van der Waals surface area contributed by atoms with Crippen LogP contribution in [-0.2, 0) is 12.8 Å². The maximum atomic E-state index is 9.64. The lowest BCUT2D eigenvalue weighted by molar-refractivity contribution is 0.317. The molecule has 0 amide bonds. The van der Waals surface area contributed by atoms with Gasteiger partial charge in [-0.25, -0.2) is 4.99 Å². The zero-order valence-electron chi connectivity index (χ0n) is 17.1. The second-order valence-corrected chi connectivity index (χ2v) is 8.09. The van der Waals surface area contributed by atoms with Gasteiger partial charge in [-0.3, -0.25) is 0 Å². The monoisotopic (exact) mass is 395 g/mol. The smallest absolute Gasteiger partial charge is 0.134 e. The maximum Gasteiger partial charge on any atom is 0.134 e. The van der Waals surface area contributed by atoms with Crippen LogP contribution in [0.25, 0.3) is 0 Å². The molecule has 0 atom stereocenters. The van der Waals surface area contributed by atoms with Gasteiger partial charge in [0.1, 0.15) is 16.8 Å². The molecule has 0 radical (unpaired) electrons. The number of hydrogen-bond donors (Lipinski definition) is 0. The van der Waals surface area contributed by atoms with Crippen molar-refractivity contribution >= 4 is 28.2 Å². The summed E-state index contributed by atoms with van der Waals surface area (Å²) in [5.74, 6) is 0.856. The van der Waals surface area contributed by atoms with E-state index in [1.165, 1.54) is 23.3 Å². The normalized spacial score (nSPS) is 13.4. The van der Waals surface area contributed by atoms with Gasteiger partial charge in [0.15, 0.2) is 0 Å². The van der Waals surface area contributed by atoms with Crippen LogP contribution < -0.4 is 9.64 Å². The first-order valence-corrected chi connectivity index (χ1v) is 11.1. The van der Waals surface area contributed by atoms with Crippen LogP contribution in [0.4, 0.5) is 10.7 Å². The number of fused-ring (bicyclic) bond motifs is 1. The van der Waals surface area contributed by atoms with Gasteiger partial charge in [0, 0.05) is 41.5 Å². The SMILES string of the molecule is CCCOc1cc(N(CC)CC)ccc1/C=N/c1sc2c(c1C#N)CCCC2. The highest BCUT2D eigenvalue weighted by atomic mass is 32.1. The molecule has 1 aromatic carbocycles. The summed E-state index contributed by atoms with van der Waals surface area (Å²) in [7, 11) is 0. The third kappa shape index (κ3) is 4.39. The third-order valence-corrected chi connectivity index (χ3v) is 6.37. The summed E-state index contributed by atoms with van der Waals surface area (Å²) < 4.78 is 6.01. The summed E-state index contributed by atoms with van der Waals surface area (Å²) in [6.45, 7) is 9.03. The number of nitrogens with zero attached hydrogens (tertiary/aromatic N) is 3. The maximum absolute atomic E-state index is 9.64. The topological polar surface area (TPSA) is 48.6 Å². The number of rotatable bonds is 8. The second kappa shape index (κ2) is 9.75. The lowest BCUT2D eigenvalue weighted by atomic mass is 9.96. The van der Waals surface area contributed by atoms with Gasteiger partial charge in [-0.1, -0.05) is 6.92 Å². The Balaban J connectivity index is 1.93. The lowest BCUT2D eigenvalue weighted by Crippen LogP contribution is -2.21. The molecular formula is C23H29N3OS. The number of nitriles is 1. The molecule has 0 spiro atoms. The summed E-state index contributed by atoms with van der Waals surface area (Å²) in [5, 5.41) is 10.5. The third-order valence-electron chi connectivity index (χ3n) is 5.17. The molecule has 1 aliphatic carbocycles. The van der Waals surface area contributed by atoms with Crippen molar-refractivity contribution in [2.24, 2.45) is 4.99 Å². The van der Waals surface area contributed by atoms with Crippen molar-refractivity contribution in [3.05, 3.63) is 39.8 Å². The van der Waals surface area contributed by atoms with E-state index in [1.54, 1.807) is 11.3 Å². The van der Waals surface area contributed by atoms with Crippen molar-refractivity contribution in [1.82, 2.24) is 0 Å². The Morgan fingerprint density at radius 1 is 1.21 bits per heavy atom. The van der Waals surface area contributed by atoms with Crippen LogP contribution in [0, 0.1) is 11.3 Å². The minimum absolute atomic E-state index is 0.680. The van der Waals surface area contributed by atoms with Gasteiger partial charge in [-0.15, -0.1) is 11.3 Å². The minimum atomic E-state index is 0.680. The standard InChI is InChI=1S/C23H29N3OS/c1-4-13-27-21-14-18(26(5-2)6-3)12-11-17(21)16-25-23-20(15-24)19-9-7-8-10-22(19)28-23/h11-12,14,16H,4-10,13H2,1-3H3/b25-16+. The molecule has 0 aliphatic heterocycles.